The molecular weight excluding hydrogens is 278 g/mol. The summed E-state index contributed by atoms with van der Waals surface area (Å²) in [5.74, 6) is 1.78. The van der Waals surface area contributed by atoms with Crippen LogP contribution in [-0.2, 0) is 24.6 Å². The number of hydrogen-bond acceptors (Lipinski definition) is 5. The number of ether oxygens (including phenoxy) is 1. The van der Waals surface area contributed by atoms with Crippen molar-refractivity contribution in [2.75, 3.05) is 11.9 Å². The highest BCUT2D eigenvalue weighted by molar-refractivity contribution is 5.38. The van der Waals surface area contributed by atoms with Gasteiger partial charge in [-0.25, -0.2) is 9.97 Å². The fourth-order valence-corrected chi connectivity index (χ4v) is 2.85. The Hall–Kier alpha value is -1.95. The number of aromatic nitrogens is 4. The van der Waals surface area contributed by atoms with Crippen molar-refractivity contribution in [2.45, 2.75) is 45.3 Å². The molecule has 3 rings (SSSR count). The standard InChI is InChI=1S/C16H23N5O/c1-4-11-10-15(20-14(5-2)18-11)19-12-7-9-22-16(12)13-6-8-17-21(13)3/h6,8,10,12,16H,4-5,7,9H2,1-3H3,(H,18,19,20)/t12-,16-/m0/s1. The van der Waals surface area contributed by atoms with Gasteiger partial charge in [0.05, 0.1) is 11.7 Å². The summed E-state index contributed by atoms with van der Waals surface area (Å²) in [6, 6.07) is 4.26. The molecule has 2 aromatic rings. The van der Waals surface area contributed by atoms with Crippen LogP contribution in [0.25, 0.3) is 0 Å². The van der Waals surface area contributed by atoms with E-state index in [-0.39, 0.29) is 12.1 Å². The summed E-state index contributed by atoms with van der Waals surface area (Å²) in [6.45, 7) is 4.94. The third-order valence-corrected chi connectivity index (χ3v) is 4.08. The first-order valence-corrected chi connectivity index (χ1v) is 7.94. The van der Waals surface area contributed by atoms with Gasteiger partial charge in [-0.1, -0.05) is 13.8 Å². The van der Waals surface area contributed by atoms with Gasteiger partial charge in [0.1, 0.15) is 17.7 Å². The lowest BCUT2D eigenvalue weighted by molar-refractivity contribution is 0.101. The Labute approximate surface area is 130 Å². The molecule has 1 N–H and O–H groups in total. The van der Waals surface area contributed by atoms with Gasteiger partial charge in [-0.3, -0.25) is 4.68 Å². The van der Waals surface area contributed by atoms with Crippen LogP contribution in [0.5, 0.6) is 0 Å². The van der Waals surface area contributed by atoms with Crippen molar-refractivity contribution in [3.05, 3.63) is 35.5 Å². The smallest absolute Gasteiger partial charge is 0.130 e. The van der Waals surface area contributed by atoms with Crippen LogP contribution >= 0.6 is 0 Å². The number of nitrogens with one attached hydrogen (secondary N) is 1. The number of aryl methyl sites for hydroxylation is 3. The molecule has 2 atom stereocenters. The zero-order chi connectivity index (χ0) is 15.5. The number of hydrogen-bond donors (Lipinski definition) is 1. The molecule has 118 valence electrons. The van der Waals surface area contributed by atoms with Crippen LogP contribution in [0.4, 0.5) is 5.82 Å². The van der Waals surface area contributed by atoms with Crippen LogP contribution in [0.1, 0.15) is 43.6 Å². The number of nitrogens with zero attached hydrogens (tertiary/aromatic N) is 4. The molecule has 0 spiro atoms. The summed E-state index contributed by atoms with van der Waals surface area (Å²) in [5.41, 5.74) is 2.17. The van der Waals surface area contributed by atoms with Gasteiger partial charge in [0, 0.05) is 38.0 Å². The van der Waals surface area contributed by atoms with E-state index in [0.29, 0.717) is 0 Å². The first kappa shape index (κ1) is 15.0. The molecule has 22 heavy (non-hydrogen) atoms. The molecule has 0 saturated carbocycles. The van der Waals surface area contributed by atoms with Gasteiger partial charge in [-0.05, 0) is 18.9 Å². The van der Waals surface area contributed by atoms with Crippen molar-refractivity contribution in [3.8, 4) is 0 Å². The van der Waals surface area contributed by atoms with Gasteiger partial charge in [0.2, 0.25) is 0 Å². The number of anilines is 1. The molecule has 6 heteroatoms. The normalized spacial score (nSPS) is 21.2. The second kappa shape index (κ2) is 6.44. The van der Waals surface area contributed by atoms with Crippen molar-refractivity contribution in [1.29, 1.82) is 0 Å². The maximum Gasteiger partial charge on any atom is 0.130 e. The Morgan fingerprint density at radius 1 is 1.32 bits per heavy atom. The molecule has 0 aliphatic carbocycles. The SMILES string of the molecule is CCc1cc(N[C@H]2CCO[C@@H]2c2ccnn2C)nc(CC)n1. The lowest BCUT2D eigenvalue weighted by Crippen LogP contribution is -2.25. The second-order valence-corrected chi connectivity index (χ2v) is 5.58. The van der Waals surface area contributed by atoms with Gasteiger partial charge in [0.25, 0.3) is 0 Å². The molecule has 1 aliphatic heterocycles. The average Bonchev–Trinajstić information content (AvgIpc) is 3.15. The first-order chi connectivity index (χ1) is 10.7. The monoisotopic (exact) mass is 301 g/mol. The van der Waals surface area contributed by atoms with E-state index in [9.17, 15) is 0 Å². The Bertz CT molecular complexity index is 617. The van der Waals surface area contributed by atoms with E-state index in [0.717, 1.165) is 48.9 Å². The second-order valence-electron chi connectivity index (χ2n) is 5.58. The van der Waals surface area contributed by atoms with Crippen LogP contribution in [0.15, 0.2) is 18.3 Å². The lowest BCUT2D eigenvalue weighted by atomic mass is 10.1. The highest BCUT2D eigenvalue weighted by Crippen LogP contribution is 2.30. The zero-order valence-corrected chi connectivity index (χ0v) is 13.4. The van der Waals surface area contributed by atoms with E-state index in [1.165, 1.54) is 0 Å². The molecule has 6 nitrogen and oxygen atoms in total. The summed E-state index contributed by atoms with van der Waals surface area (Å²) in [5, 5.41) is 7.78. The maximum absolute atomic E-state index is 5.91. The molecule has 1 saturated heterocycles. The third-order valence-electron chi connectivity index (χ3n) is 4.08. The van der Waals surface area contributed by atoms with E-state index in [1.54, 1.807) is 0 Å². The molecule has 1 fully saturated rings. The summed E-state index contributed by atoms with van der Waals surface area (Å²) < 4.78 is 7.78. The lowest BCUT2D eigenvalue weighted by Gasteiger charge is -2.21. The summed E-state index contributed by atoms with van der Waals surface area (Å²) in [6.07, 6.45) is 4.54. The van der Waals surface area contributed by atoms with Crippen molar-refractivity contribution < 1.29 is 4.74 Å². The fourth-order valence-electron chi connectivity index (χ4n) is 2.85. The van der Waals surface area contributed by atoms with Gasteiger partial charge >= 0.3 is 0 Å². The minimum Gasteiger partial charge on any atom is -0.370 e. The topological polar surface area (TPSA) is 64.9 Å². The largest absolute Gasteiger partial charge is 0.370 e. The van der Waals surface area contributed by atoms with Crippen LogP contribution in [0.2, 0.25) is 0 Å². The van der Waals surface area contributed by atoms with E-state index in [2.05, 4.69) is 34.2 Å². The molecule has 0 amide bonds. The zero-order valence-electron chi connectivity index (χ0n) is 13.4. The molecule has 0 unspecified atom stereocenters. The number of rotatable bonds is 5. The summed E-state index contributed by atoms with van der Waals surface area (Å²) in [7, 11) is 1.95. The van der Waals surface area contributed by atoms with E-state index >= 15 is 0 Å². The van der Waals surface area contributed by atoms with Crippen LogP contribution in [-0.4, -0.2) is 32.4 Å². The Kier molecular flexibility index (Phi) is 4.38. The van der Waals surface area contributed by atoms with Crippen molar-refractivity contribution in [3.63, 3.8) is 0 Å². The Morgan fingerprint density at radius 2 is 2.18 bits per heavy atom. The van der Waals surface area contributed by atoms with Crippen molar-refractivity contribution >= 4 is 5.82 Å². The Morgan fingerprint density at radius 3 is 2.86 bits per heavy atom. The van der Waals surface area contributed by atoms with Crippen molar-refractivity contribution in [2.24, 2.45) is 7.05 Å². The highest BCUT2D eigenvalue weighted by atomic mass is 16.5. The van der Waals surface area contributed by atoms with Gasteiger partial charge in [0.15, 0.2) is 0 Å². The maximum atomic E-state index is 5.91. The third kappa shape index (κ3) is 2.97. The van der Waals surface area contributed by atoms with Crippen LogP contribution in [0, 0.1) is 0 Å². The molecule has 3 heterocycles. The van der Waals surface area contributed by atoms with Crippen LogP contribution in [0.3, 0.4) is 0 Å². The molecule has 2 aromatic heterocycles. The van der Waals surface area contributed by atoms with E-state index in [4.69, 9.17) is 4.74 Å². The van der Waals surface area contributed by atoms with E-state index in [1.807, 2.05) is 30.1 Å². The molecule has 0 radical (unpaired) electrons. The first-order valence-electron chi connectivity index (χ1n) is 7.94. The Balaban J connectivity index is 1.81. The molecular formula is C16H23N5O. The minimum atomic E-state index is 0.0117. The van der Waals surface area contributed by atoms with E-state index < -0.39 is 0 Å². The minimum absolute atomic E-state index is 0.0117. The molecule has 0 bridgehead atoms. The fraction of sp³-hybridized carbons (Fsp3) is 0.562. The van der Waals surface area contributed by atoms with Crippen molar-refractivity contribution in [1.82, 2.24) is 19.7 Å². The van der Waals surface area contributed by atoms with Gasteiger partial charge < -0.3 is 10.1 Å². The average molecular weight is 301 g/mol. The summed E-state index contributed by atoms with van der Waals surface area (Å²) in [4.78, 5) is 9.13. The highest BCUT2D eigenvalue weighted by Gasteiger charge is 2.32. The predicted octanol–water partition coefficient (Wildman–Crippen LogP) is 2.28. The molecule has 0 aromatic carbocycles. The summed E-state index contributed by atoms with van der Waals surface area (Å²) >= 11 is 0. The van der Waals surface area contributed by atoms with Gasteiger partial charge in [-0.2, -0.15) is 5.10 Å². The quantitative estimate of drug-likeness (QED) is 0.918. The predicted molar refractivity (Wildman–Crippen MR) is 84.7 cm³/mol. The molecule has 1 aliphatic rings. The van der Waals surface area contributed by atoms with Gasteiger partial charge in [-0.15, -0.1) is 0 Å². The van der Waals surface area contributed by atoms with Crippen LogP contribution < -0.4 is 5.32 Å².